The molecule has 0 spiro atoms. The first-order valence-corrected chi connectivity index (χ1v) is 6.86. The lowest BCUT2D eigenvalue weighted by atomic mass is 10.0. The van der Waals surface area contributed by atoms with Gasteiger partial charge in [0, 0.05) is 13.1 Å². The highest BCUT2D eigenvalue weighted by Crippen LogP contribution is 2.05. The first-order chi connectivity index (χ1) is 9.31. The second kappa shape index (κ2) is 9.17. The minimum Gasteiger partial charge on any atom is -0.480 e. The van der Waals surface area contributed by atoms with Crippen LogP contribution < -0.4 is 10.6 Å². The number of nitrogens with zero attached hydrogens (tertiary/aromatic N) is 1. The van der Waals surface area contributed by atoms with E-state index >= 15 is 0 Å². The number of urea groups is 1. The Bertz CT molecular complexity index is 345. The Morgan fingerprint density at radius 3 is 2.20 bits per heavy atom. The molecule has 1 atom stereocenters. The number of rotatable bonds is 8. The Balaban J connectivity index is 4.58. The predicted octanol–water partition coefficient (Wildman–Crippen LogP) is 0.653. The first-order valence-electron chi connectivity index (χ1n) is 6.86. The summed E-state index contributed by atoms with van der Waals surface area (Å²) in [7, 11) is 0. The van der Waals surface area contributed by atoms with E-state index < -0.39 is 18.0 Å². The first kappa shape index (κ1) is 18.2. The van der Waals surface area contributed by atoms with Crippen molar-refractivity contribution in [2.24, 2.45) is 5.92 Å². The molecule has 0 aliphatic carbocycles. The van der Waals surface area contributed by atoms with Gasteiger partial charge in [-0.3, -0.25) is 4.79 Å². The number of hydrogen-bond donors (Lipinski definition) is 3. The fraction of sp³-hybridized carbons (Fsp3) is 0.769. The molecule has 0 saturated heterocycles. The quantitative estimate of drug-likeness (QED) is 0.610. The number of nitrogens with one attached hydrogen (secondary N) is 2. The molecule has 7 nitrogen and oxygen atoms in total. The van der Waals surface area contributed by atoms with E-state index in [1.54, 1.807) is 13.8 Å². The van der Waals surface area contributed by atoms with Crippen molar-refractivity contribution in [3.05, 3.63) is 0 Å². The Hall–Kier alpha value is -1.79. The largest absolute Gasteiger partial charge is 0.480 e. The van der Waals surface area contributed by atoms with Crippen molar-refractivity contribution in [3.8, 4) is 0 Å². The molecule has 0 saturated carbocycles. The molecule has 0 bridgehead atoms. The SMILES string of the molecule is CCNC(=O)CN(CC)C(=O)N[C@H](CC(C)C)C(=O)O. The topological polar surface area (TPSA) is 98.7 Å². The van der Waals surface area contributed by atoms with Crippen LogP contribution in [0.2, 0.25) is 0 Å². The van der Waals surface area contributed by atoms with Crippen LogP contribution in [0.1, 0.15) is 34.1 Å². The van der Waals surface area contributed by atoms with E-state index in [1.807, 2.05) is 13.8 Å². The van der Waals surface area contributed by atoms with Crippen molar-refractivity contribution >= 4 is 17.9 Å². The molecular formula is C13H25N3O4. The molecule has 3 amide bonds. The molecule has 0 aromatic heterocycles. The zero-order valence-electron chi connectivity index (χ0n) is 12.6. The summed E-state index contributed by atoms with van der Waals surface area (Å²) >= 11 is 0. The Kier molecular flexibility index (Phi) is 8.35. The molecule has 116 valence electrons. The number of carboxylic acid groups (broad SMARTS) is 1. The maximum Gasteiger partial charge on any atom is 0.326 e. The molecular weight excluding hydrogens is 262 g/mol. The molecule has 0 unspecified atom stereocenters. The van der Waals surface area contributed by atoms with Crippen molar-refractivity contribution in [1.29, 1.82) is 0 Å². The third kappa shape index (κ3) is 6.96. The van der Waals surface area contributed by atoms with Gasteiger partial charge in [0.2, 0.25) is 5.91 Å². The molecule has 0 fully saturated rings. The predicted molar refractivity (Wildman–Crippen MR) is 75.3 cm³/mol. The maximum atomic E-state index is 12.0. The number of carboxylic acids is 1. The van der Waals surface area contributed by atoms with Gasteiger partial charge in [0.25, 0.3) is 0 Å². The van der Waals surface area contributed by atoms with Crippen molar-refractivity contribution in [2.75, 3.05) is 19.6 Å². The van der Waals surface area contributed by atoms with E-state index in [4.69, 9.17) is 5.11 Å². The van der Waals surface area contributed by atoms with E-state index in [2.05, 4.69) is 10.6 Å². The van der Waals surface area contributed by atoms with Gasteiger partial charge in [-0.1, -0.05) is 13.8 Å². The number of carbonyl (C=O) groups excluding carboxylic acids is 2. The van der Waals surface area contributed by atoms with E-state index in [-0.39, 0.29) is 18.4 Å². The van der Waals surface area contributed by atoms with Crippen LogP contribution in [0, 0.1) is 5.92 Å². The van der Waals surface area contributed by atoms with E-state index in [0.717, 1.165) is 0 Å². The number of carbonyl (C=O) groups is 3. The molecule has 0 aromatic carbocycles. The Labute approximate surface area is 119 Å². The summed E-state index contributed by atoms with van der Waals surface area (Å²) in [5.41, 5.74) is 0. The zero-order valence-corrected chi connectivity index (χ0v) is 12.6. The van der Waals surface area contributed by atoms with Gasteiger partial charge in [-0.05, 0) is 26.2 Å². The van der Waals surface area contributed by atoms with Gasteiger partial charge in [0.15, 0.2) is 0 Å². The number of likely N-dealkylation sites (N-methyl/N-ethyl adjacent to an activating group) is 2. The van der Waals surface area contributed by atoms with Crippen LogP contribution in [0.15, 0.2) is 0 Å². The molecule has 0 aliphatic heterocycles. The highest BCUT2D eigenvalue weighted by Gasteiger charge is 2.24. The van der Waals surface area contributed by atoms with E-state index in [9.17, 15) is 14.4 Å². The van der Waals surface area contributed by atoms with Crippen LogP contribution in [0.4, 0.5) is 4.79 Å². The smallest absolute Gasteiger partial charge is 0.326 e. The van der Waals surface area contributed by atoms with Crippen LogP contribution in [0.25, 0.3) is 0 Å². The monoisotopic (exact) mass is 287 g/mol. The molecule has 0 rings (SSSR count). The van der Waals surface area contributed by atoms with Crippen LogP contribution in [-0.4, -0.2) is 53.6 Å². The number of hydrogen-bond acceptors (Lipinski definition) is 3. The molecule has 0 heterocycles. The molecule has 7 heteroatoms. The van der Waals surface area contributed by atoms with E-state index in [1.165, 1.54) is 4.90 Å². The summed E-state index contributed by atoms with van der Waals surface area (Å²) in [6.07, 6.45) is 0.347. The molecule has 3 N–H and O–H groups in total. The summed E-state index contributed by atoms with van der Waals surface area (Å²) < 4.78 is 0. The standard InChI is InChI=1S/C13H25N3O4/c1-5-14-11(17)8-16(6-2)13(20)15-10(12(18)19)7-9(3)4/h9-10H,5-8H2,1-4H3,(H,14,17)(H,15,20)(H,18,19)/t10-/m1/s1. The Morgan fingerprint density at radius 2 is 1.80 bits per heavy atom. The molecule has 0 aromatic rings. The second-order valence-electron chi connectivity index (χ2n) is 4.94. The van der Waals surface area contributed by atoms with Crippen molar-refractivity contribution in [3.63, 3.8) is 0 Å². The van der Waals surface area contributed by atoms with Crippen molar-refractivity contribution < 1.29 is 19.5 Å². The maximum absolute atomic E-state index is 12.0. The lowest BCUT2D eigenvalue weighted by molar-refractivity contribution is -0.139. The average molecular weight is 287 g/mol. The molecule has 0 aliphatic rings. The van der Waals surface area contributed by atoms with E-state index in [0.29, 0.717) is 19.5 Å². The normalized spacial score (nSPS) is 11.8. The van der Waals surface area contributed by atoms with Gasteiger partial charge in [-0.2, -0.15) is 0 Å². The molecule has 0 radical (unpaired) electrons. The number of aliphatic carboxylic acids is 1. The minimum absolute atomic E-state index is 0.0792. The van der Waals surface area contributed by atoms with Crippen molar-refractivity contribution in [2.45, 2.75) is 40.2 Å². The van der Waals surface area contributed by atoms with Gasteiger partial charge in [0.05, 0.1) is 0 Å². The van der Waals surface area contributed by atoms with Crippen LogP contribution in [0.5, 0.6) is 0 Å². The average Bonchev–Trinajstić information content (AvgIpc) is 2.34. The second-order valence-corrected chi connectivity index (χ2v) is 4.94. The fourth-order valence-corrected chi connectivity index (χ4v) is 1.69. The van der Waals surface area contributed by atoms with Gasteiger partial charge in [0.1, 0.15) is 12.6 Å². The van der Waals surface area contributed by atoms with Gasteiger partial charge < -0.3 is 20.6 Å². The third-order valence-electron chi connectivity index (χ3n) is 2.68. The van der Waals surface area contributed by atoms with Crippen LogP contribution >= 0.6 is 0 Å². The highest BCUT2D eigenvalue weighted by molar-refractivity contribution is 5.86. The lowest BCUT2D eigenvalue weighted by Crippen LogP contribution is -2.50. The van der Waals surface area contributed by atoms with Crippen LogP contribution in [-0.2, 0) is 9.59 Å². The summed E-state index contributed by atoms with van der Waals surface area (Å²) in [4.78, 5) is 35.8. The summed E-state index contributed by atoms with van der Waals surface area (Å²) in [6, 6.07) is -1.47. The molecule has 20 heavy (non-hydrogen) atoms. The van der Waals surface area contributed by atoms with Gasteiger partial charge in [-0.25, -0.2) is 9.59 Å². The number of amides is 3. The zero-order chi connectivity index (χ0) is 15.7. The van der Waals surface area contributed by atoms with Crippen LogP contribution in [0.3, 0.4) is 0 Å². The van der Waals surface area contributed by atoms with Gasteiger partial charge in [-0.15, -0.1) is 0 Å². The van der Waals surface area contributed by atoms with Crippen molar-refractivity contribution in [1.82, 2.24) is 15.5 Å². The highest BCUT2D eigenvalue weighted by atomic mass is 16.4. The fourth-order valence-electron chi connectivity index (χ4n) is 1.69. The third-order valence-corrected chi connectivity index (χ3v) is 2.68. The summed E-state index contributed by atoms with van der Waals surface area (Å²) in [5, 5.41) is 14.1. The summed E-state index contributed by atoms with van der Waals surface area (Å²) in [6.45, 7) is 8.03. The Morgan fingerprint density at radius 1 is 1.20 bits per heavy atom. The minimum atomic E-state index is -1.07. The van der Waals surface area contributed by atoms with Gasteiger partial charge >= 0.3 is 12.0 Å². The lowest BCUT2D eigenvalue weighted by Gasteiger charge is -2.24. The summed E-state index contributed by atoms with van der Waals surface area (Å²) in [5.74, 6) is -1.18.